The second kappa shape index (κ2) is 11.8. The van der Waals surface area contributed by atoms with Gasteiger partial charge >= 0.3 is 0 Å². The quantitative estimate of drug-likeness (QED) is 0.478. The van der Waals surface area contributed by atoms with Gasteiger partial charge in [0.1, 0.15) is 17.0 Å². The minimum atomic E-state index is -3.94. The van der Waals surface area contributed by atoms with Gasteiger partial charge in [-0.2, -0.15) is 4.31 Å². The van der Waals surface area contributed by atoms with Crippen LogP contribution in [-0.2, 0) is 19.6 Å². The van der Waals surface area contributed by atoms with Crippen LogP contribution >= 0.6 is 0 Å². The fourth-order valence-corrected chi connectivity index (χ4v) is 7.11. The first-order valence-corrected chi connectivity index (χ1v) is 14.9. The van der Waals surface area contributed by atoms with Crippen molar-refractivity contribution in [3.63, 3.8) is 0 Å². The number of benzene rings is 1. The zero-order chi connectivity index (χ0) is 28.3. The molecule has 0 bridgehead atoms. The van der Waals surface area contributed by atoms with Gasteiger partial charge < -0.3 is 15.1 Å². The maximum Gasteiger partial charge on any atom is 0.251 e. The van der Waals surface area contributed by atoms with Crippen LogP contribution in [0.1, 0.15) is 50.9 Å². The fourth-order valence-electron chi connectivity index (χ4n) is 5.52. The van der Waals surface area contributed by atoms with Gasteiger partial charge in [-0.05, 0) is 69.0 Å². The van der Waals surface area contributed by atoms with Crippen molar-refractivity contribution in [2.45, 2.75) is 63.6 Å². The maximum atomic E-state index is 13.8. The molecule has 2 amide bonds. The number of rotatable bonds is 10. The molecule has 1 aromatic heterocycles. The molecule has 1 aromatic carbocycles. The Kier molecular flexibility index (Phi) is 8.70. The largest absolute Gasteiger partial charge is 0.372 e. The number of fused-ring (bicyclic) bond motifs is 1. The lowest BCUT2D eigenvalue weighted by molar-refractivity contribution is -0.138. The number of hydrogen-bond acceptors (Lipinski definition) is 7. The summed E-state index contributed by atoms with van der Waals surface area (Å²) in [6, 6.07) is 7.89. The molecular formula is C28H37N5O5S. The maximum absolute atomic E-state index is 13.8. The topological polar surface area (TPSA) is 120 Å². The van der Waals surface area contributed by atoms with Crippen LogP contribution in [0.2, 0.25) is 0 Å². The standard InChI is InChI=1S/C28H37N5O5S/c1-5-31(6-2)21-11-9-20(10-12-21)27(35)30-23(16-19(3)4)28(36)32-15-13-24-26(32)25(34)18-33(24)39(37,38)22-8-7-14-29-17-22/h7-12,14,17,19,23-24,26H,5-6,13,15-16,18H2,1-4H3,(H,30,35). The summed E-state index contributed by atoms with van der Waals surface area (Å²) in [6.07, 6.45) is 3.47. The van der Waals surface area contributed by atoms with Crippen molar-refractivity contribution in [2.75, 3.05) is 31.1 Å². The number of sulfonamides is 1. The van der Waals surface area contributed by atoms with E-state index in [0.29, 0.717) is 18.4 Å². The summed E-state index contributed by atoms with van der Waals surface area (Å²) in [4.78, 5) is 47.5. The molecule has 0 saturated carbocycles. The summed E-state index contributed by atoms with van der Waals surface area (Å²) in [5.74, 6) is -0.947. The molecule has 210 valence electrons. The molecule has 0 aliphatic carbocycles. The Labute approximate surface area is 230 Å². The molecule has 3 heterocycles. The van der Waals surface area contributed by atoms with Gasteiger partial charge in [0, 0.05) is 43.3 Å². The number of aromatic nitrogens is 1. The molecule has 3 unspecified atom stereocenters. The fraction of sp³-hybridized carbons (Fsp3) is 0.500. The first kappa shape index (κ1) is 28.7. The SMILES string of the molecule is CCN(CC)c1ccc(C(=O)NC(CC(C)C)C(=O)N2CCC3C2C(=O)CN3S(=O)(=O)c2cccnc2)cc1. The number of likely N-dealkylation sites (tertiary alicyclic amines) is 1. The van der Waals surface area contributed by atoms with Gasteiger partial charge in [0.05, 0.1) is 12.6 Å². The third kappa shape index (κ3) is 5.84. The molecular weight excluding hydrogens is 518 g/mol. The first-order chi connectivity index (χ1) is 18.6. The molecule has 2 aliphatic heterocycles. The summed E-state index contributed by atoms with van der Waals surface area (Å²) < 4.78 is 27.7. The van der Waals surface area contributed by atoms with E-state index < -0.39 is 28.1 Å². The van der Waals surface area contributed by atoms with Gasteiger partial charge in [0.15, 0.2) is 5.78 Å². The van der Waals surface area contributed by atoms with Crippen molar-refractivity contribution in [1.82, 2.24) is 19.5 Å². The number of pyridine rings is 1. The van der Waals surface area contributed by atoms with Crippen LogP contribution < -0.4 is 10.2 Å². The normalized spacial score (nSPS) is 20.2. The molecule has 3 atom stereocenters. The van der Waals surface area contributed by atoms with Crippen LogP contribution in [0.25, 0.3) is 0 Å². The highest BCUT2D eigenvalue weighted by molar-refractivity contribution is 7.89. The van der Waals surface area contributed by atoms with Crippen molar-refractivity contribution in [3.8, 4) is 0 Å². The van der Waals surface area contributed by atoms with Crippen molar-refractivity contribution >= 4 is 33.3 Å². The zero-order valence-corrected chi connectivity index (χ0v) is 23.7. The smallest absolute Gasteiger partial charge is 0.251 e. The lowest BCUT2D eigenvalue weighted by Gasteiger charge is -2.29. The van der Waals surface area contributed by atoms with Gasteiger partial charge in [0.25, 0.3) is 5.91 Å². The molecule has 10 nitrogen and oxygen atoms in total. The highest BCUT2D eigenvalue weighted by Crippen LogP contribution is 2.34. The van der Waals surface area contributed by atoms with Gasteiger partial charge in [0.2, 0.25) is 15.9 Å². The second-order valence-electron chi connectivity index (χ2n) is 10.4. The van der Waals surface area contributed by atoms with E-state index in [1.54, 1.807) is 12.1 Å². The number of carbonyl (C=O) groups excluding carboxylic acids is 3. The highest BCUT2D eigenvalue weighted by atomic mass is 32.2. The Morgan fingerprint density at radius 1 is 1.13 bits per heavy atom. The van der Waals surface area contributed by atoms with Gasteiger partial charge in [-0.15, -0.1) is 0 Å². The van der Waals surface area contributed by atoms with Gasteiger partial charge in [-0.3, -0.25) is 19.4 Å². The minimum absolute atomic E-state index is 0.0141. The van der Waals surface area contributed by atoms with Crippen molar-refractivity contribution in [1.29, 1.82) is 0 Å². The second-order valence-corrected chi connectivity index (χ2v) is 12.3. The van der Waals surface area contributed by atoms with Crippen LogP contribution in [0, 0.1) is 5.92 Å². The number of nitrogens with one attached hydrogen (secondary N) is 1. The number of amides is 2. The van der Waals surface area contributed by atoms with E-state index in [9.17, 15) is 22.8 Å². The van der Waals surface area contributed by atoms with Crippen LogP contribution in [0.15, 0.2) is 53.7 Å². The summed E-state index contributed by atoms with van der Waals surface area (Å²) in [6.45, 7) is 9.70. The van der Waals surface area contributed by atoms with Crippen molar-refractivity contribution < 1.29 is 22.8 Å². The number of nitrogens with zero attached hydrogens (tertiary/aromatic N) is 4. The molecule has 4 rings (SSSR count). The van der Waals surface area contributed by atoms with Gasteiger partial charge in [-0.25, -0.2) is 8.42 Å². The van der Waals surface area contributed by atoms with E-state index in [1.807, 2.05) is 26.0 Å². The predicted octanol–water partition coefficient (Wildman–Crippen LogP) is 2.32. The average molecular weight is 556 g/mol. The molecule has 11 heteroatoms. The number of ketones is 1. The van der Waals surface area contributed by atoms with Gasteiger partial charge in [-0.1, -0.05) is 13.8 Å². The van der Waals surface area contributed by atoms with E-state index in [2.05, 4.69) is 29.0 Å². The summed E-state index contributed by atoms with van der Waals surface area (Å²) in [5.41, 5.74) is 1.46. The van der Waals surface area contributed by atoms with E-state index >= 15 is 0 Å². The molecule has 0 radical (unpaired) electrons. The lowest BCUT2D eigenvalue weighted by Crippen LogP contribution is -2.53. The monoisotopic (exact) mass is 555 g/mol. The third-order valence-corrected chi connectivity index (χ3v) is 9.32. The van der Waals surface area contributed by atoms with E-state index in [1.165, 1.54) is 33.7 Å². The summed E-state index contributed by atoms with van der Waals surface area (Å²) in [7, 11) is -3.94. The molecule has 0 spiro atoms. The average Bonchev–Trinajstić information content (AvgIpc) is 3.50. The number of anilines is 1. The van der Waals surface area contributed by atoms with Crippen LogP contribution in [-0.4, -0.2) is 84.5 Å². The molecule has 1 N–H and O–H groups in total. The Bertz CT molecular complexity index is 1300. The molecule has 2 fully saturated rings. The number of hydrogen-bond donors (Lipinski definition) is 1. The Balaban J connectivity index is 1.51. The first-order valence-electron chi connectivity index (χ1n) is 13.5. The molecule has 2 aliphatic rings. The third-order valence-electron chi connectivity index (χ3n) is 7.47. The number of carbonyl (C=O) groups is 3. The molecule has 2 saturated heterocycles. The molecule has 2 aromatic rings. The Morgan fingerprint density at radius 3 is 2.41 bits per heavy atom. The van der Waals surface area contributed by atoms with Crippen LogP contribution in [0.3, 0.4) is 0 Å². The highest BCUT2D eigenvalue weighted by Gasteiger charge is 2.54. The zero-order valence-electron chi connectivity index (χ0n) is 22.9. The van der Waals surface area contributed by atoms with E-state index in [-0.39, 0.29) is 41.5 Å². The summed E-state index contributed by atoms with van der Waals surface area (Å²) >= 11 is 0. The minimum Gasteiger partial charge on any atom is -0.372 e. The Hall–Kier alpha value is -3.31. The van der Waals surface area contributed by atoms with E-state index in [0.717, 1.165) is 18.8 Å². The lowest BCUT2D eigenvalue weighted by atomic mass is 10.0. The molecule has 39 heavy (non-hydrogen) atoms. The van der Waals surface area contributed by atoms with Crippen molar-refractivity contribution in [3.05, 3.63) is 54.4 Å². The van der Waals surface area contributed by atoms with Crippen molar-refractivity contribution in [2.24, 2.45) is 5.92 Å². The summed E-state index contributed by atoms with van der Waals surface area (Å²) in [5, 5.41) is 2.88. The van der Waals surface area contributed by atoms with Crippen LogP contribution in [0.4, 0.5) is 5.69 Å². The van der Waals surface area contributed by atoms with E-state index in [4.69, 9.17) is 0 Å². The van der Waals surface area contributed by atoms with Crippen LogP contribution in [0.5, 0.6) is 0 Å². The number of Topliss-reactive ketones (excluding diaryl/α,β-unsaturated/α-hetero) is 1. The predicted molar refractivity (Wildman–Crippen MR) is 148 cm³/mol. The Morgan fingerprint density at radius 2 is 1.82 bits per heavy atom.